The molecule has 1 aliphatic rings. The third kappa shape index (κ3) is 15.6. The maximum atomic E-state index is 13.1. The number of piperazine rings is 1. The molecule has 1 saturated heterocycles. The first-order valence-corrected chi connectivity index (χ1v) is 17.9. The van der Waals surface area contributed by atoms with Crippen molar-refractivity contribution in [2.75, 3.05) is 30.3 Å². The van der Waals surface area contributed by atoms with Crippen molar-refractivity contribution < 1.29 is 38.1 Å². The minimum absolute atomic E-state index is 0.0240. The van der Waals surface area contributed by atoms with E-state index in [0.29, 0.717) is 45.6 Å². The summed E-state index contributed by atoms with van der Waals surface area (Å²) in [6.45, 7) is 15.4. The van der Waals surface area contributed by atoms with E-state index in [1.54, 1.807) is 90.1 Å². The van der Waals surface area contributed by atoms with Crippen LogP contribution in [-0.2, 0) is 25.6 Å². The maximum absolute atomic E-state index is 13.1. The Bertz CT molecular complexity index is 1850. The van der Waals surface area contributed by atoms with Crippen LogP contribution in [0.5, 0.6) is 0 Å². The number of amides is 3. The predicted molar refractivity (Wildman–Crippen MR) is 211 cm³/mol. The van der Waals surface area contributed by atoms with E-state index in [-0.39, 0.29) is 17.8 Å². The molecule has 3 aromatic rings. The lowest BCUT2D eigenvalue weighted by Gasteiger charge is -2.39. The summed E-state index contributed by atoms with van der Waals surface area (Å²) in [5, 5.41) is 14.8. The second-order valence-corrected chi connectivity index (χ2v) is 15.3. The van der Waals surface area contributed by atoms with Gasteiger partial charge in [0.25, 0.3) is 0 Å². The molecule has 14 heteroatoms. The van der Waals surface area contributed by atoms with Gasteiger partial charge in [0, 0.05) is 54.4 Å². The van der Waals surface area contributed by atoms with Gasteiger partial charge >= 0.3 is 18.2 Å². The number of halogens is 3. The third-order valence-corrected chi connectivity index (χ3v) is 7.90. The van der Waals surface area contributed by atoms with Gasteiger partial charge in [-0.15, -0.1) is 0 Å². The monoisotopic (exact) mass is 784 g/mol. The highest BCUT2D eigenvalue weighted by atomic mass is 35.5. The van der Waals surface area contributed by atoms with Crippen molar-refractivity contribution in [3.63, 3.8) is 0 Å². The Morgan fingerprint density at radius 3 is 1.72 bits per heavy atom. The second-order valence-electron chi connectivity index (χ2n) is 14.5. The molecule has 3 aromatic carbocycles. The van der Waals surface area contributed by atoms with E-state index in [0.717, 1.165) is 24.7 Å². The van der Waals surface area contributed by atoms with E-state index < -0.39 is 29.4 Å². The van der Waals surface area contributed by atoms with E-state index in [1.165, 1.54) is 30.4 Å². The average Bonchev–Trinajstić information content (AvgIpc) is 3.03. The summed E-state index contributed by atoms with van der Waals surface area (Å²) in [4.78, 5) is 51.4. The van der Waals surface area contributed by atoms with E-state index in [4.69, 9.17) is 37.8 Å². The summed E-state index contributed by atoms with van der Waals surface area (Å²) in [6, 6.07) is 16.3. The molecule has 3 amide bonds. The highest BCUT2D eigenvalue weighted by molar-refractivity contribution is 6.31. The molecular weight excluding hydrogens is 738 g/mol. The summed E-state index contributed by atoms with van der Waals surface area (Å²) >= 11 is 12.0. The lowest BCUT2D eigenvalue weighted by molar-refractivity contribution is -0.131. The Morgan fingerprint density at radius 1 is 0.796 bits per heavy atom. The normalized spacial score (nSPS) is 15.0. The number of carbonyl (C=O) groups excluding carboxylic acids is 3. The van der Waals surface area contributed by atoms with Gasteiger partial charge in [-0.05, 0) is 114 Å². The van der Waals surface area contributed by atoms with Crippen LogP contribution in [0.3, 0.4) is 0 Å². The van der Waals surface area contributed by atoms with Gasteiger partial charge in [-0.3, -0.25) is 20.3 Å². The molecule has 3 N–H and O–H groups in total. The molecule has 54 heavy (non-hydrogen) atoms. The van der Waals surface area contributed by atoms with Crippen molar-refractivity contribution in [1.29, 1.82) is 0 Å². The highest BCUT2D eigenvalue weighted by Gasteiger charge is 2.26. The van der Waals surface area contributed by atoms with Gasteiger partial charge in [0.2, 0.25) is 5.91 Å². The number of carboxylic acid groups (broad SMARTS) is 1. The summed E-state index contributed by atoms with van der Waals surface area (Å²) in [6.07, 6.45) is 4.29. The van der Waals surface area contributed by atoms with E-state index in [1.807, 2.05) is 11.8 Å². The number of hydrogen-bond acceptors (Lipinski definition) is 7. The van der Waals surface area contributed by atoms with Crippen molar-refractivity contribution in [3.8, 4) is 0 Å². The fourth-order valence-electron chi connectivity index (χ4n) is 5.16. The number of rotatable bonds is 8. The number of carbonyl (C=O) groups is 4. The highest BCUT2D eigenvalue weighted by Crippen LogP contribution is 2.25. The molecule has 0 aliphatic carbocycles. The smallest absolute Gasteiger partial charge is 0.412 e. The van der Waals surface area contributed by atoms with Crippen LogP contribution in [-0.4, -0.2) is 75.8 Å². The Hall–Kier alpha value is -4.91. The van der Waals surface area contributed by atoms with Gasteiger partial charge in [0.15, 0.2) is 0 Å². The van der Waals surface area contributed by atoms with Crippen LogP contribution < -0.4 is 10.6 Å². The topological polar surface area (TPSA) is 138 Å². The number of ether oxygens (including phenoxy) is 2. The number of anilines is 2. The number of benzene rings is 3. The molecule has 0 aromatic heterocycles. The molecule has 11 nitrogen and oxygen atoms in total. The van der Waals surface area contributed by atoms with Gasteiger partial charge < -0.3 is 19.5 Å². The minimum Gasteiger partial charge on any atom is -0.478 e. The van der Waals surface area contributed by atoms with Crippen LogP contribution in [0.1, 0.15) is 65.2 Å². The first kappa shape index (κ1) is 43.5. The SMILES string of the molecule is CC(C)(C)OC(=O)Nc1cc(Cl)ccc1/C=C/C(=O)O.C[C@@H]1CN(Cc2ccc(F)cc2)CCN1C(=O)/C=C/c1ccc(Cl)cc1NC(=O)OC(C)(C)C. The fourth-order valence-corrected chi connectivity index (χ4v) is 5.51. The van der Waals surface area contributed by atoms with Crippen LogP contribution in [0.15, 0.2) is 72.8 Å². The quantitative estimate of drug-likeness (QED) is 0.192. The molecular formula is C40H47Cl2FN4O7. The molecule has 4 rings (SSSR count). The van der Waals surface area contributed by atoms with Crippen molar-refractivity contribution in [2.45, 2.75) is 72.3 Å². The van der Waals surface area contributed by atoms with Crippen molar-refractivity contribution in [1.82, 2.24) is 9.80 Å². The van der Waals surface area contributed by atoms with Crippen LogP contribution in [0, 0.1) is 5.82 Å². The van der Waals surface area contributed by atoms with Crippen LogP contribution in [0.25, 0.3) is 12.2 Å². The molecule has 1 heterocycles. The molecule has 0 bridgehead atoms. The number of nitrogens with zero attached hydrogens (tertiary/aromatic N) is 2. The van der Waals surface area contributed by atoms with Gasteiger partial charge in [-0.25, -0.2) is 18.8 Å². The molecule has 0 spiro atoms. The summed E-state index contributed by atoms with van der Waals surface area (Å²) in [7, 11) is 0. The van der Waals surface area contributed by atoms with Gasteiger partial charge in [0.1, 0.15) is 17.0 Å². The zero-order chi connectivity index (χ0) is 40.2. The van der Waals surface area contributed by atoms with Crippen molar-refractivity contribution >= 4 is 70.8 Å². The average molecular weight is 786 g/mol. The van der Waals surface area contributed by atoms with E-state index >= 15 is 0 Å². The Morgan fingerprint density at radius 2 is 1.28 bits per heavy atom. The summed E-state index contributed by atoms with van der Waals surface area (Å²) < 4.78 is 23.6. The lowest BCUT2D eigenvalue weighted by atomic mass is 10.1. The number of carboxylic acids is 1. The fraction of sp³-hybridized carbons (Fsp3) is 0.350. The van der Waals surface area contributed by atoms with E-state index in [9.17, 15) is 23.6 Å². The Kier molecular flexibility index (Phi) is 15.6. The number of aliphatic carboxylic acids is 1. The first-order chi connectivity index (χ1) is 25.2. The van der Waals surface area contributed by atoms with Crippen molar-refractivity contribution in [3.05, 3.63) is 105 Å². The largest absolute Gasteiger partial charge is 0.478 e. The van der Waals surface area contributed by atoms with Gasteiger partial charge in [-0.1, -0.05) is 47.5 Å². The number of nitrogens with one attached hydrogen (secondary N) is 2. The Labute approximate surface area is 325 Å². The standard InChI is InChI=1S/C26H31ClFN3O3.C14H16ClNO4/c1-18-16-30(17-19-5-10-22(28)11-6-19)13-14-31(18)24(32)12-8-20-7-9-21(27)15-23(20)29-25(33)34-26(2,3)4;1-14(2,3)20-13(19)16-11-8-10(15)6-4-9(11)5-7-12(17)18/h5-12,15,18H,13-14,16-17H2,1-4H3,(H,29,33);4-8H,1-3H3,(H,16,19)(H,17,18)/b12-8+;7-5+/t18-;/m1./s1. The zero-order valence-corrected chi connectivity index (χ0v) is 32.9. The molecule has 1 aliphatic heterocycles. The van der Waals surface area contributed by atoms with Crippen LogP contribution >= 0.6 is 23.2 Å². The van der Waals surface area contributed by atoms with E-state index in [2.05, 4.69) is 15.5 Å². The maximum Gasteiger partial charge on any atom is 0.412 e. The molecule has 0 radical (unpaired) electrons. The molecule has 0 unspecified atom stereocenters. The molecule has 1 atom stereocenters. The first-order valence-electron chi connectivity index (χ1n) is 17.1. The second kappa shape index (κ2) is 19.4. The molecule has 1 fully saturated rings. The summed E-state index contributed by atoms with van der Waals surface area (Å²) in [5.41, 5.74) is 1.78. The molecule has 0 saturated carbocycles. The minimum atomic E-state index is -1.08. The third-order valence-electron chi connectivity index (χ3n) is 7.43. The Balaban J connectivity index is 0.000000334. The molecule has 290 valence electrons. The van der Waals surface area contributed by atoms with Gasteiger partial charge in [0.05, 0.1) is 11.4 Å². The predicted octanol–water partition coefficient (Wildman–Crippen LogP) is 9.36. The van der Waals surface area contributed by atoms with Crippen molar-refractivity contribution in [2.24, 2.45) is 0 Å². The van der Waals surface area contributed by atoms with Crippen LogP contribution in [0.2, 0.25) is 10.0 Å². The lowest BCUT2D eigenvalue weighted by Crippen LogP contribution is -2.53. The summed E-state index contributed by atoms with van der Waals surface area (Å²) in [5.74, 6) is -1.43. The van der Waals surface area contributed by atoms with Gasteiger partial charge in [-0.2, -0.15) is 0 Å². The number of hydrogen-bond donors (Lipinski definition) is 3. The zero-order valence-electron chi connectivity index (χ0n) is 31.4. The van der Waals surface area contributed by atoms with Crippen LogP contribution in [0.4, 0.5) is 25.4 Å².